The molecule has 144 valence electrons. The lowest BCUT2D eigenvalue weighted by atomic mass is 10.1. The number of methoxy groups -OCH3 is 1. The SMILES string of the molecule is CCCn1nc2n(c1=O)CCC(NC(=O)c1cccc(C(=O)OC)c1)CC2. The first-order valence-electron chi connectivity index (χ1n) is 9.19. The summed E-state index contributed by atoms with van der Waals surface area (Å²) in [6.45, 7) is 3.16. The standard InChI is InChI=1S/C19H24N4O4/c1-3-10-23-19(26)22-11-9-15(7-8-16(22)21-23)20-17(24)13-5-4-6-14(12-13)18(25)27-2/h4-6,12,15H,3,7-11H2,1-2H3,(H,20,24). The third-order valence-electron chi connectivity index (χ3n) is 4.73. The van der Waals surface area contributed by atoms with Gasteiger partial charge < -0.3 is 10.1 Å². The average Bonchev–Trinajstić information content (AvgIpc) is 2.85. The molecular formula is C19H24N4O4. The van der Waals surface area contributed by atoms with Gasteiger partial charge in [-0.1, -0.05) is 13.0 Å². The van der Waals surface area contributed by atoms with Crippen LogP contribution in [0, 0.1) is 0 Å². The van der Waals surface area contributed by atoms with Crippen LogP contribution < -0.4 is 11.0 Å². The molecule has 1 unspecified atom stereocenters. The zero-order chi connectivity index (χ0) is 19.4. The summed E-state index contributed by atoms with van der Waals surface area (Å²) in [6, 6.07) is 6.38. The molecule has 3 rings (SSSR count). The van der Waals surface area contributed by atoms with Gasteiger partial charge in [-0.25, -0.2) is 14.3 Å². The van der Waals surface area contributed by atoms with Gasteiger partial charge >= 0.3 is 11.7 Å². The van der Waals surface area contributed by atoms with Crippen molar-refractivity contribution in [1.82, 2.24) is 19.7 Å². The zero-order valence-electron chi connectivity index (χ0n) is 15.6. The zero-order valence-corrected chi connectivity index (χ0v) is 15.6. The first-order valence-corrected chi connectivity index (χ1v) is 9.19. The fourth-order valence-corrected chi connectivity index (χ4v) is 3.30. The number of hydrogen-bond donors (Lipinski definition) is 1. The lowest BCUT2D eigenvalue weighted by molar-refractivity contribution is 0.0600. The Morgan fingerprint density at radius 3 is 2.81 bits per heavy atom. The second-order valence-electron chi connectivity index (χ2n) is 6.64. The van der Waals surface area contributed by atoms with Crippen molar-refractivity contribution in [1.29, 1.82) is 0 Å². The van der Waals surface area contributed by atoms with Crippen LogP contribution in [0.25, 0.3) is 0 Å². The summed E-state index contributed by atoms with van der Waals surface area (Å²) in [5, 5.41) is 7.42. The number of nitrogens with one attached hydrogen (secondary N) is 1. The minimum atomic E-state index is -0.479. The van der Waals surface area contributed by atoms with Crippen molar-refractivity contribution in [2.75, 3.05) is 7.11 Å². The van der Waals surface area contributed by atoms with Gasteiger partial charge in [0.1, 0.15) is 5.82 Å². The maximum atomic E-state index is 12.6. The Morgan fingerprint density at radius 1 is 1.30 bits per heavy atom. The van der Waals surface area contributed by atoms with Crippen molar-refractivity contribution >= 4 is 11.9 Å². The molecule has 1 aliphatic heterocycles. The highest BCUT2D eigenvalue weighted by atomic mass is 16.5. The number of carbonyl (C=O) groups excluding carboxylic acids is 2. The minimum Gasteiger partial charge on any atom is -0.465 e. The third kappa shape index (κ3) is 4.10. The molecule has 1 aromatic heterocycles. The van der Waals surface area contributed by atoms with Crippen LogP contribution in [0.1, 0.15) is 52.7 Å². The number of aromatic nitrogens is 3. The predicted molar refractivity (Wildman–Crippen MR) is 98.8 cm³/mol. The van der Waals surface area contributed by atoms with E-state index in [9.17, 15) is 14.4 Å². The second-order valence-corrected chi connectivity index (χ2v) is 6.64. The Bertz CT molecular complexity index is 899. The highest BCUT2D eigenvalue weighted by Crippen LogP contribution is 2.14. The molecule has 0 saturated heterocycles. The van der Waals surface area contributed by atoms with E-state index in [0.717, 1.165) is 12.2 Å². The lowest BCUT2D eigenvalue weighted by Gasteiger charge is -2.16. The number of esters is 1. The van der Waals surface area contributed by atoms with E-state index in [1.165, 1.54) is 17.9 Å². The first-order chi connectivity index (χ1) is 13.0. The van der Waals surface area contributed by atoms with Crippen LogP contribution in [0.5, 0.6) is 0 Å². The van der Waals surface area contributed by atoms with Gasteiger partial charge in [0.15, 0.2) is 0 Å². The summed E-state index contributed by atoms with van der Waals surface area (Å²) >= 11 is 0. The van der Waals surface area contributed by atoms with Crippen molar-refractivity contribution in [3.63, 3.8) is 0 Å². The van der Waals surface area contributed by atoms with Crippen molar-refractivity contribution in [2.24, 2.45) is 0 Å². The quantitative estimate of drug-likeness (QED) is 0.800. The van der Waals surface area contributed by atoms with Crippen molar-refractivity contribution < 1.29 is 14.3 Å². The molecule has 0 bridgehead atoms. The molecule has 0 radical (unpaired) electrons. The summed E-state index contributed by atoms with van der Waals surface area (Å²) in [7, 11) is 1.30. The molecule has 8 heteroatoms. The molecular weight excluding hydrogens is 348 g/mol. The molecule has 2 heterocycles. The molecule has 1 aliphatic rings. The molecule has 0 saturated carbocycles. The topological polar surface area (TPSA) is 95.2 Å². The van der Waals surface area contributed by atoms with E-state index in [4.69, 9.17) is 4.74 Å². The molecule has 2 aromatic rings. The molecule has 1 atom stereocenters. The van der Waals surface area contributed by atoms with Gasteiger partial charge in [-0.3, -0.25) is 9.36 Å². The molecule has 0 aliphatic carbocycles. The van der Waals surface area contributed by atoms with Crippen LogP contribution in [0.4, 0.5) is 0 Å². The van der Waals surface area contributed by atoms with Crippen LogP contribution in [-0.4, -0.2) is 39.4 Å². The fraction of sp³-hybridized carbons (Fsp3) is 0.474. The van der Waals surface area contributed by atoms with Crippen LogP contribution in [0.15, 0.2) is 29.1 Å². The van der Waals surface area contributed by atoms with E-state index in [0.29, 0.717) is 43.5 Å². The number of nitrogens with zero attached hydrogens (tertiary/aromatic N) is 3. The van der Waals surface area contributed by atoms with E-state index in [2.05, 4.69) is 10.4 Å². The van der Waals surface area contributed by atoms with Crippen molar-refractivity contribution in [2.45, 2.75) is 51.7 Å². The largest absolute Gasteiger partial charge is 0.465 e. The Morgan fingerprint density at radius 2 is 2.07 bits per heavy atom. The maximum Gasteiger partial charge on any atom is 0.345 e. The molecule has 1 amide bonds. The molecule has 0 fully saturated rings. The van der Waals surface area contributed by atoms with E-state index in [1.54, 1.807) is 22.8 Å². The van der Waals surface area contributed by atoms with Gasteiger partial charge in [0, 0.05) is 31.1 Å². The van der Waals surface area contributed by atoms with Crippen LogP contribution in [0.3, 0.4) is 0 Å². The van der Waals surface area contributed by atoms with Gasteiger partial charge in [0.25, 0.3) is 5.91 Å². The number of carbonyl (C=O) groups is 2. The molecule has 1 N–H and O–H groups in total. The van der Waals surface area contributed by atoms with Crippen LogP contribution >= 0.6 is 0 Å². The Balaban J connectivity index is 1.66. The molecule has 1 aromatic carbocycles. The lowest BCUT2D eigenvalue weighted by Crippen LogP contribution is -2.36. The highest BCUT2D eigenvalue weighted by Gasteiger charge is 2.22. The number of aryl methyl sites for hydroxylation is 2. The molecule has 8 nitrogen and oxygen atoms in total. The number of hydrogen-bond acceptors (Lipinski definition) is 5. The highest BCUT2D eigenvalue weighted by molar-refractivity contribution is 5.98. The van der Waals surface area contributed by atoms with Gasteiger partial charge in [-0.15, -0.1) is 0 Å². The Labute approximate surface area is 157 Å². The fourth-order valence-electron chi connectivity index (χ4n) is 3.30. The van der Waals surface area contributed by atoms with E-state index < -0.39 is 5.97 Å². The Kier molecular flexibility index (Phi) is 5.73. The summed E-state index contributed by atoms with van der Waals surface area (Å²) in [6.07, 6.45) is 2.87. The van der Waals surface area contributed by atoms with E-state index in [1.807, 2.05) is 6.92 Å². The van der Waals surface area contributed by atoms with Crippen molar-refractivity contribution in [3.8, 4) is 0 Å². The van der Waals surface area contributed by atoms with E-state index >= 15 is 0 Å². The third-order valence-corrected chi connectivity index (χ3v) is 4.73. The van der Waals surface area contributed by atoms with E-state index in [-0.39, 0.29) is 17.6 Å². The van der Waals surface area contributed by atoms with Crippen LogP contribution in [-0.2, 0) is 24.2 Å². The minimum absolute atomic E-state index is 0.0555. The summed E-state index contributed by atoms with van der Waals surface area (Å²) in [4.78, 5) is 36.6. The number of ether oxygens (including phenoxy) is 1. The molecule has 0 spiro atoms. The Hall–Kier alpha value is -2.90. The monoisotopic (exact) mass is 372 g/mol. The predicted octanol–water partition coefficient (Wildman–Crippen LogP) is 1.38. The summed E-state index contributed by atoms with van der Waals surface area (Å²) in [5.74, 6) is 0.0551. The summed E-state index contributed by atoms with van der Waals surface area (Å²) < 4.78 is 7.92. The van der Waals surface area contributed by atoms with Gasteiger partial charge in [-0.05, 0) is 37.5 Å². The second kappa shape index (κ2) is 8.20. The van der Waals surface area contributed by atoms with Gasteiger partial charge in [0.05, 0.1) is 12.7 Å². The maximum absolute atomic E-state index is 12.6. The van der Waals surface area contributed by atoms with Gasteiger partial charge in [0.2, 0.25) is 0 Å². The van der Waals surface area contributed by atoms with Gasteiger partial charge in [-0.2, -0.15) is 5.10 Å². The number of benzene rings is 1. The van der Waals surface area contributed by atoms with Crippen LogP contribution in [0.2, 0.25) is 0 Å². The first kappa shape index (κ1) is 18.9. The van der Waals surface area contributed by atoms with Crippen molar-refractivity contribution in [3.05, 3.63) is 51.7 Å². The smallest absolute Gasteiger partial charge is 0.345 e. The molecule has 27 heavy (non-hydrogen) atoms. The number of amides is 1. The normalized spacial score (nSPS) is 16.3. The average molecular weight is 372 g/mol. The number of fused-ring (bicyclic) bond motifs is 1. The number of rotatable bonds is 5. The summed E-state index contributed by atoms with van der Waals surface area (Å²) in [5.41, 5.74) is 0.664.